The third kappa shape index (κ3) is 7.60. The summed E-state index contributed by atoms with van der Waals surface area (Å²) in [6.45, 7) is 4.76. The van der Waals surface area contributed by atoms with Crippen LogP contribution in [0.3, 0.4) is 0 Å². The second-order valence-electron chi connectivity index (χ2n) is 6.25. The highest BCUT2D eigenvalue weighted by molar-refractivity contribution is 8.00. The Bertz CT molecular complexity index is 199. The fourth-order valence-corrected chi connectivity index (χ4v) is 4.12. The first-order chi connectivity index (χ1) is 9.33. The van der Waals surface area contributed by atoms with Crippen LogP contribution in [0.4, 0.5) is 0 Å². The predicted octanol–water partition coefficient (Wildman–Crippen LogP) is 5.39. The Kier molecular flexibility index (Phi) is 10.1. The van der Waals surface area contributed by atoms with Crippen molar-refractivity contribution in [3.63, 3.8) is 0 Å². The van der Waals surface area contributed by atoms with E-state index in [9.17, 15) is 0 Å². The minimum absolute atomic E-state index is 0.569. The molecule has 2 heteroatoms. The molecular weight excluding hydrogens is 250 g/mol. The van der Waals surface area contributed by atoms with Crippen LogP contribution in [0.1, 0.15) is 84.0 Å². The standard InChI is InChI=1S/C17H35NS/c1-3-4-5-6-7-8-12-15-18-16-17(19-2)13-10-9-11-14-17/h18H,3-16H2,1-2H3. The summed E-state index contributed by atoms with van der Waals surface area (Å²) in [6.07, 6.45) is 19.4. The van der Waals surface area contributed by atoms with Crippen LogP contribution in [-0.4, -0.2) is 24.1 Å². The predicted molar refractivity (Wildman–Crippen MR) is 90.2 cm³/mol. The molecule has 0 amide bonds. The maximum Gasteiger partial charge on any atom is 0.0281 e. The van der Waals surface area contributed by atoms with Gasteiger partial charge in [0, 0.05) is 11.3 Å². The van der Waals surface area contributed by atoms with Gasteiger partial charge in [0.1, 0.15) is 0 Å². The van der Waals surface area contributed by atoms with Crippen LogP contribution >= 0.6 is 11.8 Å². The van der Waals surface area contributed by atoms with Crippen molar-refractivity contribution in [3.05, 3.63) is 0 Å². The number of hydrogen-bond donors (Lipinski definition) is 1. The summed E-state index contributed by atoms with van der Waals surface area (Å²) in [7, 11) is 0. The Hall–Kier alpha value is 0.310. The van der Waals surface area contributed by atoms with Gasteiger partial charge >= 0.3 is 0 Å². The minimum atomic E-state index is 0.569. The van der Waals surface area contributed by atoms with Gasteiger partial charge in [0.15, 0.2) is 0 Å². The summed E-state index contributed by atoms with van der Waals surface area (Å²) in [5, 5.41) is 3.73. The number of unbranched alkanes of at least 4 members (excludes halogenated alkanes) is 6. The third-order valence-corrected chi connectivity index (χ3v) is 6.02. The third-order valence-electron chi connectivity index (χ3n) is 4.60. The molecule has 0 unspecified atom stereocenters. The largest absolute Gasteiger partial charge is 0.315 e. The van der Waals surface area contributed by atoms with Gasteiger partial charge in [0.25, 0.3) is 0 Å². The molecule has 0 aromatic carbocycles. The summed E-state index contributed by atoms with van der Waals surface area (Å²) in [5.41, 5.74) is 0. The second-order valence-corrected chi connectivity index (χ2v) is 7.52. The van der Waals surface area contributed by atoms with Crippen LogP contribution < -0.4 is 5.32 Å². The van der Waals surface area contributed by atoms with Crippen molar-refractivity contribution in [3.8, 4) is 0 Å². The highest BCUT2D eigenvalue weighted by Crippen LogP contribution is 2.37. The van der Waals surface area contributed by atoms with Gasteiger partial charge in [-0.3, -0.25) is 0 Å². The molecule has 0 radical (unpaired) electrons. The number of rotatable bonds is 11. The van der Waals surface area contributed by atoms with Gasteiger partial charge in [-0.1, -0.05) is 64.7 Å². The average molecular weight is 286 g/mol. The van der Waals surface area contributed by atoms with Crippen LogP contribution in [0.5, 0.6) is 0 Å². The lowest BCUT2D eigenvalue weighted by atomic mass is 9.88. The van der Waals surface area contributed by atoms with E-state index < -0.39 is 0 Å². The van der Waals surface area contributed by atoms with Crippen LogP contribution in [-0.2, 0) is 0 Å². The topological polar surface area (TPSA) is 12.0 Å². The Balaban J connectivity index is 1.94. The van der Waals surface area contributed by atoms with E-state index in [1.165, 1.54) is 90.1 Å². The fraction of sp³-hybridized carbons (Fsp3) is 1.00. The first-order valence-corrected chi connectivity index (χ1v) is 9.81. The SMILES string of the molecule is CCCCCCCCCNCC1(SC)CCCCC1. The van der Waals surface area contributed by atoms with Crippen LogP contribution in [0, 0.1) is 0 Å². The number of nitrogens with one attached hydrogen (secondary N) is 1. The molecule has 0 aromatic rings. The van der Waals surface area contributed by atoms with Crippen LogP contribution in [0.2, 0.25) is 0 Å². The molecular formula is C17H35NS. The maximum absolute atomic E-state index is 3.73. The van der Waals surface area contributed by atoms with Crippen molar-refractivity contribution in [1.82, 2.24) is 5.32 Å². The van der Waals surface area contributed by atoms with Gasteiger partial charge in [-0.05, 0) is 32.1 Å². The molecule has 19 heavy (non-hydrogen) atoms. The molecule has 0 saturated heterocycles. The quantitative estimate of drug-likeness (QED) is 0.511. The maximum atomic E-state index is 3.73. The summed E-state index contributed by atoms with van der Waals surface area (Å²) < 4.78 is 0.569. The van der Waals surface area contributed by atoms with E-state index in [1.54, 1.807) is 0 Å². The van der Waals surface area contributed by atoms with Gasteiger partial charge in [-0.25, -0.2) is 0 Å². The summed E-state index contributed by atoms with van der Waals surface area (Å²) >= 11 is 2.11. The molecule has 0 spiro atoms. The van der Waals surface area contributed by atoms with Gasteiger partial charge in [-0.2, -0.15) is 11.8 Å². The molecule has 1 fully saturated rings. The normalized spacial score (nSPS) is 18.6. The first kappa shape index (κ1) is 17.4. The van der Waals surface area contributed by atoms with Gasteiger partial charge < -0.3 is 5.32 Å². The average Bonchev–Trinajstić information content (AvgIpc) is 2.46. The molecule has 1 rings (SSSR count). The second kappa shape index (κ2) is 11.0. The van der Waals surface area contributed by atoms with Gasteiger partial charge in [0.05, 0.1) is 0 Å². The summed E-state index contributed by atoms with van der Waals surface area (Å²) in [6, 6.07) is 0. The van der Waals surface area contributed by atoms with Crippen molar-refractivity contribution in [2.24, 2.45) is 0 Å². The van der Waals surface area contributed by atoms with Crippen molar-refractivity contribution < 1.29 is 0 Å². The molecule has 1 nitrogen and oxygen atoms in total. The highest BCUT2D eigenvalue weighted by Gasteiger charge is 2.30. The zero-order valence-corrected chi connectivity index (χ0v) is 14.1. The Morgan fingerprint density at radius 3 is 2.16 bits per heavy atom. The smallest absolute Gasteiger partial charge is 0.0281 e. The summed E-state index contributed by atoms with van der Waals surface area (Å²) in [5.74, 6) is 0. The Labute approximate surface area is 125 Å². The molecule has 0 bridgehead atoms. The van der Waals surface area contributed by atoms with E-state index in [0.29, 0.717) is 4.75 Å². The molecule has 114 valence electrons. The van der Waals surface area contributed by atoms with E-state index in [1.807, 2.05) is 0 Å². The van der Waals surface area contributed by atoms with E-state index in [2.05, 4.69) is 30.3 Å². The zero-order chi connectivity index (χ0) is 13.8. The zero-order valence-electron chi connectivity index (χ0n) is 13.3. The molecule has 0 heterocycles. The molecule has 1 aliphatic carbocycles. The minimum Gasteiger partial charge on any atom is -0.315 e. The fourth-order valence-electron chi connectivity index (χ4n) is 3.17. The molecule has 0 atom stereocenters. The van der Waals surface area contributed by atoms with Crippen molar-refractivity contribution in [2.75, 3.05) is 19.3 Å². The molecule has 0 aromatic heterocycles. The van der Waals surface area contributed by atoms with Crippen LogP contribution in [0.25, 0.3) is 0 Å². The number of thioether (sulfide) groups is 1. The van der Waals surface area contributed by atoms with Gasteiger partial charge in [0.2, 0.25) is 0 Å². The van der Waals surface area contributed by atoms with E-state index >= 15 is 0 Å². The van der Waals surface area contributed by atoms with E-state index in [0.717, 1.165) is 0 Å². The van der Waals surface area contributed by atoms with Crippen molar-refractivity contribution in [1.29, 1.82) is 0 Å². The van der Waals surface area contributed by atoms with Crippen molar-refractivity contribution >= 4 is 11.8 Å². The van der Waals surface area contributed by atoms with Gasteiger partial charge in [-0.15, -0.1) is 0 Å². The first-order valence-electron chi connectivity index (χ1n) is 8.59. The number of hydrogen-bond acceptors (Lipinski definition) is 2. The molecule has 1 saturated carbocycles. The molecule has 1 N–H and O–H groups in total. The van der Waals surface area contributed by atoms with Crippen molar-refractivity contribution in [2.45, 2.75) is 88.7 Å². The summed E-state index contributed by atoms with van der Waals surface area (Å²) in [4.78, 5) is 0. The van der Waals surface area contributed by atoms with E-state index in [-0.39, 0.29) is 0 Å². The Morgan fingerprint density at radius 2 is 1.53 bits per heavy atom. The molecule has 1 aliphatic rings. The lowest BCUT2D eigenvalue weighted by Crippen LogP contribution is -2.39. The lowest BCUT2D eigenvalue weighted by Gasteiger charge is -2.36. The van der Waals surface area contributed by atoms with E-state index in [4.69, 9.17) is 0 Å². The van der Waals surface area contributed by atoms with Crippen LogP contribution in [0.15, 0.2) is 0 Å². The molecule has 0 aliphatic heterocycles. The lowest BCUT2D eigenvalue weighted by molar-refractivity contribution is 0.378. The Morgan fingerprint density at radius 1 is 0.895 bits per heavy atom. The highest BCUT2D eigenvalue weighted by atomic mass is 32.2. The monoisotopic (exact) mass is 285 g/mol.